The van der Waals surface area contributed by atoms with Gasteiger partial charge in [-0.1, -0.05) is 57.6 Å². The van der Waals surface area contributed by atoms with E-state index in [2.05, 4.69) is 12.2 Å². The molecule has 0 radical (unpaired) electrons. The summed E-state index contributed by atoms with van der Waals surface area (Å²) in [5, 5.41) is 3.65. The van der Waals surface area contributed by atoms with Crippen molar-refractivity contribution in [2.75, 3.05) is 6.54 Å². The maximum atomic E-state index is 13.1. The fourth-order valence-corrected chi connectivity index (χ4v) is 3.28. The Balaban J connectivity index is 2.00. The van der Waals surface area contributed by atoms with E-state index in [1.165, 1.54) is 50.5 Å². The van der Waals surface area contributed by atoms with Crippen molar-refractivity contribution in [1.29, 1.82) is 0 Å². The smallest absolute Gasteiger partial charge is 0.123 e. The molecule has 1 aliphatic rings. The molecule has 0 heterocycles. The van der Waals surface area contributed by atoms with Gasteiger partial charge in [-0.05, 0) is 43.0 Å². The highest BCUT2D eigenvalue weighted by molar-refractivity contribution is 5.20. The SMILES string of the molecule is CCCNC(CC1CCCCCC1)c1ccc(F)cc1. The molecule has 112 valence electrons. The van der Waals surface area contributed by atoms with E-state index >= 15 is 0 Å². The Morgan fingerprint density at radius 2 is 1.75 bits per heavy atom. The molecule has 1 saturated carbocycles. The van der Waals surface area contributed by atoms with Crippen LogP contribution in [0.1, 0.15) is 69.9 Å². The van der Waals surface area contributed by atoms with Crippen LogP contribution in [0.3, 0.4) is 0 Å². The lowest BCUT2D eigenvalue weighted by Gasteiger charge is -2.24. The van der Waals surface area contributed by atoms with Crippen molar-refractivity contribution in [2.24, 2.45) is 5.92 Å². The molecule has 2 rings (SSSR count). The molecular formula is C18H28FN. The first-order valence-electron chi connectivity index (χ1n) is 8.28. The Bertz CT molecular complexity index is 366. The minimum Gasteiger partial charge on any atom is -0.310 e. The average molecular weight is 277 g/mol. The molecule has 1 unspecified atom stereocenters. The van der Waals surface area contributed by atoms with Gasteiger partial charge in [0.2, 0.25) is 0 Å². The molecule has 20 heavy (non-hydrogen) atoms. The van der Waals surface area contributed by atoms with Crippen molar-refractivity contribution in [2.45, 2.75) is 64.3 Å². The fraction of sp³-hybridized carbons (Fsp3) is 0.667. The minimum atomic E-state index is -0.141. The van der Waals surface area contributed by atoms with Gasteiger partial charge in [0.25, 0.3) is 0 Å². The fourth-order valence-electron chi connectivity index (χ4n) is 3.28. The van der Waals surface area contributed by atoms with Crippen LogP contribution < -0.4 is 5.32 Å². The summed E-state index contributed by atoms with van der Waals surface area (Å²) < 4.78 is 13.1. The molecular weight excluding hydrogens is 249 g/mol. The molecule has 1 aliphatic carbocycles. The first-order valence-corrected chi connectivity index (χ1v) is 8.28. The largest absolute Gasteiger partial charge is 0.310 e. The molecule has 0 aromatic heterocycles. The molecule has 0 amide bonds. The summed E-state index contributed by atoms with van der Waals surface area (Å²) in [6, 6.07) is 7.45. The van der Waals surface area contributed by atoms with Gasteiger partial charge in [-0.25, -0.2) is 4.39 Å². The van der Waals surface area contributed by atoms with Crippen molar-refractivity contribution in [3.05, 3.63) is 35.6 Å². The summed E-state index contributed by atoms with van der Waals surface area (Å²) in [6.07, 6.45) is 10.6. The van der Waals surface area contributed by atoms with Crippen LogP contribution in [-0.2, 0) is 0 Å². The van der Waals surface area contributed by atoms with Crippen molar-refractivity contribution in [1.82, 2.24) is 5.32 Å². The summed E-state index contributed by atoms with van der Waals surface area (Å²) in [7, 11) is 0. The molecule has 2 heteroatoms. The predicted molar refractivity (Wildman–Crippen MR) is 83.2 cm³/mol. The third kappa shape index (κ3) is 4.90. The quantitative estimate of drug-likeness (QED) is 0.702. The summed E-state index contributed by atoms with van der Waals surface area (Å²) in [6.45, 7) is 3.23. The van der Waals surface area contributed by atoms with E-state index in [0.29, 0.717) is 6.04 Å². The van der Waals surface area contributed by atoms with Gasteiger partial charge >= 0.3 is 0 Å². The summed E-state index contributed by atoms with van der Waals surface area (Å²) in [5.41, 5.74) is 1.24. The van der Waals surface area contributed by atoms with E-state index in [4.69, 9.17) is 0 Å². The van der Waals surface area contributed by atoms with Crippen molar-refractivity contribution in [3.8, 4) is 0 Å². The van der Waals surface area contributed by atoms with Crippen LogP contribution in [0, 0.1) is 11.7 Å². The molecule has 0 bridgehead atoms. The van der Waals surface area contributed by atoms with Crippen LogP contribution >= 0.6 is 0 Å². The summed E-state index contributed by atoms with van der Waals surface area (Å²) in [4.78, 5) is 0. The predicted octanol–water partition coefficient (Wildman–Crippen LogP) is 5.23. The normalized spacial score (nSPS) is 18.7. The minimum absolute atomic E-state index is 0.141. The van der Waals surface area contributed by atoms with Crippen LogP contribution in [0.4, 0.5) is 4.39 Å². The molecule has 1 aromatic carbocycles. The van der Waals surface area contributed by atoms with E-state index in [0.717, 1.165) is 18.9 Å². The number of rotatable bonds is 6. The molecule has 0 saturated heterocycles. The van der Waals surface area contributed by atoms with E-state index in [-0.39, 0.29) is 5.82 Å². The first kappa shape index (κ1) is 15.5. The van der Waals surface area contributed by atoms with Gasteiger partial charge < -0.3 is 5.32 Å². The van der Waals surface area contributed by atoms with Crippen LogP contribution in [0.25, 0.3) is 0 Å². The second kappa shape index (κ2) is 8.41. The van der Waals surface area contributed by atoms with E-state index in [9.17, 15) is 4.39 Å². The number of halogens is 1. The van der Waals surface area contributed by atoms with Gasteiger partial charge in [-0.2, -0.15) is 0 Å². The van der Waals surface area contributed by atoms with E-state index in [1.807, 2.05) is 12.1 Å². The third-order valence-corrected chi connectivity index (χ3v) is 4.46. The maximum absolute atomic E-state index is 13.1. The topological polar surface area (TPSA) is 12.0 Å². The van der Waals surface area contributed by atoms with Gasteiger partial charge in [0.15, 0.2) is 0 Å². The van der Waals surface area contributed by atoms with Crippen molar-refractivity contribution < 1.29 is 4.39 Å². The van der Waals surface area contributed by atoms with Gasteiger partial charge in [0.1, 0.15) is 5.82 Å². The third-order valence-electron chi connectivity index (χ3n) is 4.46. The van der Waals surface area contributed by atoms with E-state index < -0.39 is 0 Å². The van der Waals surface area contributed by atoms with Gasteiger partial charge in [-0.15, -0.1) is 0 Å². The van der Waals surface area contributed by atoms with Crippen LogP contribution in [0.15, 0.2) is 24.3 Å². The Kier molecular flexibility index (Phi) is 6.52. The second-order valence-corrected chi connectivity index (χ2v) is 6.15. The number of hydrogen-bond acceptors (Lipinski definition) is 1. The zero-order valence-corrected chi connectivity index (χ0v) is 12.7. The van der Waals surface area contributed by atoms with Gasteiger partial charge in [-0.3, -0.25) is 0 Å². The van der Waals surface area contributed by atoms with Crippen LogP contribution in [-0.4, -0.2) is 6.54 Å². The Hall–Kier alpha value is -0.890. The van der Waals surface area contributed by atoms with Crippen LogP contribution in [0.5, 0.6) is 0 Å². The van der Waals surface area contributed by atoms with Gasteiger partial charge in [0.05, 0.1) is 0 Å². The Morgan fingerprint density at radius 3 is 2.35 bits per heavy atom. The monoisotopic (exact) mass is 277 g/mol. The molecule has 1 atom stereocenters. The van der Waals surface area contributed by atoms with Crippen LogP contribution in [0.2, 0.25) is 0 Å². The lowest BCUT2D eigenvalue weighted by Crippen LogP contribution is -2.24. The summed E-state index contributed by atoms with van der Waals surface area (Å²) in [5.74, 6) is 0.689. The zero-order chi connectivity index (χ0) is 14.2. The lowest BCUT2D eigenvalue weighted by molar-refractivity contribution is 0.356. The number of hydrogen-bond donors (Lipinski definition) is 1. The maximum Gasteiger partial charge on any atom is 0.123 e. The molecule has 1 aromatic rings. The second-order valence-electron chi connectivity index (χ2n) is 6.15. The highest BCUT2D eigenvalue weighted by atomic mass is 19.1. The van der Waals surface area contributed by atoms with Crippen molar-refractivity contribution in [3.63, 3.8) is 0 Å². The van der Waals surface area contributed by atoms with E-state index in [1.54, 1.807) is 12.1 Å². The number of nitrogens with one attached hydrogen (secondary N) is 1. The Morgan fingerprint density at radius 1 is 1.10 bits per heavy atom. The highest BCUT2D eigenvalue weighted by Gasteiger charge is 2.19. The van der Waals surface area contributed by atoms with Gasteiger partial charge in [0, 0.05) is 6.04 Å². The molecule has 0 aliphatic heterocycles. The number of benzene rings is 1. The highest BCUT2D eigenvalue weighted by Crippen LogP contribution is 2.31. The molecule has 0 spiro atoms. The molecule has 1 N–H and O–H groups in total. The first-order chi connectivity index (χ1) is 9.79. The Labute approximate surface area is 123 Å². The molecule has 1 nitrogen and oxygen atoms in total. The lowest BCUT2D eigenvalue weighted by atomic mass is 9.89. The van der Waals surface area contributed by atoms with Crippen molar-refractivity contribution >= 4 is 0 Å². The summed E-state index contributed by atoms with van der Waals surface area (Å²) >= 11 is 0. The molecule has 1 fully saturated rings. The zero-order valence-electron chi connectivity index (χ0n) is 12.7. The average Bonchev–Trinajstić information content (AvgIpc) is 2.73. The standard InChI is InChI=1S/C18H28FN/c1-2-13-20-18(16-9-11-17(19)12-10-16)14-15-7-5-3-4-6-8-15/h9-12,15,18,20H,2-8,13-14H2,1H3.